The number of hydrogen-bond acceptors (Lipinski definition) is 6. The van der Waals surface area contributed by atoms with Crippen LogP contribution in [0.4, 0.5) is 10.5 Å². The number of carbonyl (C=O) groups excluding carboxylic acids is 2. The smallest absolute Gasteiger partial charge is 0.298 e. The second-order valence-electron chi connectivity index (χ2n) is 5.15. The van der Waals surface area contributed by atoms with Crippen LogP contribution in [-0.4, -0.2) is 30.5 Å². The summed E-state index contributed by atoms with van der Waals surface area (Å²) < 4.78 is 10.1. The van der Waals surface area contributed by atoms with Gasteiger partial charge in [0, 0.05) is 0 Å². The van der Waals surface area contributed by atoms with E-state index in [1.165, 1.54) is 13.2 Å². The van der Waals surface area contributed by atoms with Crippen molar-refractivity contribution in [3.63, 3.8) is 0 Å². The van der Waals surface area contributed by atoms with Gasteiger partial charge in [0.15, 0.2) is 11.5 Å². The molecule has 0 aromatic heterocycles. The van der Waals surface area contributed by atoms with Gasteiger partial charge in [0.2, 0.25) is 0 Å². The van der Waals surface area contributed by atoms with E-state index in [0.29, 0.717) is 27.7 Å². The molecule has 1 aliphatic rings. The quantitative estimate of drug-likeness (QED) is 0.842. The zero-order chi connectivity index (χ0) is 18.0. The molecule has 1 saturated heterocycles. The van der Waals surface area contributed by atoms with Crippen molar-refractivity contribution in [2.75, 3.05) is 19.1 Å². The Morgan fingerprint density at radius 2 is 1.76 bits per heavy atom. The highest BCUT2D eigenvalue weighted by molar-refractivity contribution is 8.19. The van der Waals surface area contributed by atoms with Crippen molar-refractivity contribution in [3.8, 4) is 17.2 Å². The van der Waals surface area contributed by atoms with Crippen LogP contribution in [0.25, 0.3) is 6.08 Å². The van der Waals surface area contributed by atoms with Gasteiger partial charge in [-0.3, -0.25) is 9.59 Å². The van der Waals surface area contributed by atoms with E-state index < -0.39 is 5.91 Å². The van der Waals surface area contributed by atoms with Crippen molar-refractivity contribution < 1.29 is 24.2 Å². The second kappa shape index (κ2) is 6.90. The summed E-state index contributed by atoms with van der Waals surface area (Å²) in [5.74, 6) is 0.545. The molecule has 1 heterocycles. The normalized spacial score (nSPS) is 15.8. The Hall–Kier alpha value is -2.93. The van der Waals surface area contributed by atoms with Crippen LogP contribution in [-0.2, 0) is 4.79 Å². The molecule has 128 valence electrons. The molecule has 3 rings (SSSR count). The van der Waals surface area contributed by atoms with Gasteiger partial charge >= 0.3 is 0 Å². The predicted octanol–water partition coefficient (Wildman–Crippen LogP) is 3.65. The summed E-state index contributed by atoms with van der Waals surface area (Å²) in [4.78, 5) is 26.3. The van der Waals surface area contributed by atoms with Gasteiger partial charge in [-0.2, -0.15) is 0 Å². The van der Waals surface area contributed by atoms with Gasteiger partial charge in [0.25, 0.3) is 11.1 Å². The summed E-state index contributed by atoms with van der Waals surface area (Å²) in [7, 11) is 2.99. The third-order valence-corrected chi connectivity index (χ3v) is 4.50. The monoisotopic (exact) mass is 357 g/mol. The molecule has 0 spiro atoms. The molecule has 7 heteroatoms. The van der Waals surface area contributed by atoms with E-state index >= 15 is 0 Å². The Balaban J connectivity index is 1.90. The number of anilines is 1. The molecule has 1 N–H and O–H groups in total. The molecule has 0 bridgehead atoms. The van der Waals surface area contributed by atoms with Crippen molar-refractivity contribution in [2.45, 2.75) is 0 Å². The minimum absolute atomic E-state index is 0.00554. The topological polar surface area (TPSA) is 76.1 Å². The van der Waals surface area contributed by atoms with E-state index in [1.807, 2.05) is 0 Å². The van der Waals surface area contributed by atoms with Crippen molar-refractivity contribution in [1.82, 2.24) is 0 Å². The maximum absolute atomic E-state index is 12.6. The van der Waals surface area contributed by atoms with Gasteiger partial charge in [-0.15, -0.1) is 0 Å². The minimum atomic E-state index is -0.396. The molecule has 0 atom stereocenters. The van der Waals surface area contributed by atoms with Gasteiger partial charge in [-0.05, 0) is 59.8 Å². The zero-order valence-electron chi connectivity index (χ0n) is 13.6. The molecular formula is C18H15NO5S. The van der Waals surface area contributed by atoms with E-state index in [-0.39, 0.29) is 11.0 Å². The first-order valence-electron chi connectivity index (χ1n) is 7.32. The number of ether oxygens (including phenoxy) is 2. The number of aromatic hydroxyl groups is 1. The molecule has 2 aromatic rings. The van der Waals surface area contributed by atoms with Crippen molar-refractivity contribution in [1.29, 1.82) is 0 Å². The van der Waals surface area contributed by atoms with E-state index in [0.717, 1.165) is 16.7 Å². The standard InChI is InChI=1S/C18H15NO5S/c1-23-13-6-4-12(5-7-13)19-17(21)16(25-18(19)22)10-11-3-8-14(20)15(9-11)24-2/h3-10,20H,1-2H3/b16-10-. The van der Waals surface area contributed by atoms with Crippen LogP contribution in [0, 0.1) is 0 Å². The SMILES string of the molecule is COc1ccc(N2C(=O)S/C(=C\c3ccc(O)c(OC)c3)C2=O)cc1. The number of thioether (sulfide) groups is 1. The Bertz CT molecular complexity index is 860. The Morgan fingerprint density at radius 1 is 1.04 bits per heavy atom. The van der Waals surface area contributed by atoms with Gasteiger partial charge < -0.3 is 14.6 Å². The molecule has 1 aliphatic heterocycles. The molecule has 0 radical (unpaired) electrons. The Morgan fingerprint density at radius 3 is 2.40 bits per heavy atom. The summed E-state index contributed by atoms with van der Waals surface area (Å²) in [6.45, 7) is 0. The summed E-state index contributed by atoms with van der Waals surface area (Å²) in [6, 6.07) is 11.4. The van der Waals surface area contributed by atoms with E-state index in [4.69, 9.17) is 9.47 Å². The number of hydrogen-bond donors (Lipinski definition) is 1. The predicted molar refractivity (Wildman–Crippen MR) is 96.1 cm³/mol. The third kappa shape index (κ3) is 3.32. The number of amides is 2. The number of rotatable bonds is 4. The molecule has 0 aliphatic carbocycles. The van der Waals surface area contributed by atoms with Crippen LogP contribution >= 0.6 is 11.8 Å². The lowest BCUT2D eigenvalue weighted by Gasteiger charge is -2.12. The number of phenolic OH excluding ortho intramolecular Hbond substituents is 1. The van der Waals surface area contributed by atoms with Gasteiger partial charge in [-0.1, -0.05) is 6.07 Å². The lowest BCUT2D eigenvalue weighted by molar-refractivity contribution is -0.113. The molecule has 2 aromatic carbocycles. The Kier molecular flexibility index (Phi) is 4.67. The van der Waals surface area contributed by atoms with Gasteiger partial charge in [0.1, 0.15) is 5.75 Å². The number of nitrogens with zero attached hydrogens (tertiary/aromatic N) is 1. The average Bonchev–Trinajstić information content (AvgIpc) is 2.90. The van der Waals surface area contributed by atoms with Crippen LogP contribution in [0.2, 0.25) is 0 Å². The summed E-state index contributed by atoms with van der Waals surface area (Å²) in [6.07, 6.45) is 1.59. The number of phenols is 1. The lowest BCUT2D eigenvalue weighted by atomic mass is 10.2. The van der Waals surface area contributed by atoms with Gasteiger partial charge in [0.05, 0.1) is 24.8 Å². The zero-order valence-corrected chi connectivity index (χ0v) is 14.4. The fourth-order valence-electron chi connectivity index (χ4n) is 2.36. The van der Waals surface area contributed by atoms with Crippen LogP contribution in [0.1, 0.15) is 5.56 Å². The van der Waals surface area contributed by atoms with E-state index in [1.54, 1.807) is 49.6 Å². The third-order valence-electron chi connectivity index (χ3n) is 3.63. The van der Waals surface area contributed by atoms with E-state index in [2.05, 4.69) is 0 Å². The molecule has 2 amide bonds. The highest BCUT2D eigenvalue weighted by Gasteiger charge is 2.36. The largest absolute Gasteiger partial charge is 0.504 e. The molecule has 6 nitrogen and oxygen atoms in total. The highest BCUT2D eigenvalue weighted by Crippen LogP contribution is 2.37. The van der Waals surface area contributed by atoms with Crippen LogP contribution < -0.4 is 14.4 Å². The molecule has 0 unspecified atom stereocenters. The fourth-order valence-corrected chi connectivity index (χ4v) is 3.20. The fraction of sp³-hybridized carbons (Fsp3) is 0.111. The first-order chi connectivity index (χ1) is 12.0. The van der Waals surface area contributed by atoms with Crippen LogP contribution in [0.5, 0.6) is 17.2 Å². The summed E-state index contributed by atoms with van der Waals surface area (Å²) >= 11 is 0.863. The van der Waals surface area contributed by atoms with Gasteiger partial charge in [-0.25, -0.2) is 4.90 Å². The van der Waals surface area contributed by atoms with Crippen molar-refractivity contribution in [2.24, 2.45) is 0 Å². The first kappa shape index (κ1) is 16.9. The minimum Gasteiger partial charge on any atom is -0.504 e. The first-order valence-corrected chi connectivity index (χ1v) is 8.14. The molecule has 0 saturated carbocycles. The summed E-state index contributed by atoms with van der Waals surface area (Å²) in [5.41, 5.74) is 1.13. The van der Waals surface area contributed by atoms with Crippen molar-refractivity contribution in [3.05, 3.63) is 52.9 Å². The molecule has 25 heavy (non-hydrogen) atoms. The number of carbonyl (C=O) groups is 2. The summed E-state index contributed by atoms with van der Waals surface area (Å²) in [5, 5.41) is 9.26. The maximum Gasteiger partial charge on any atom is 0.298 e. The maximum atomic E-state index is 12.6. The lowest BCUT2D eigenvalue weighted by Crippen LogP contribution is -2.27. The van der Waals surface area contributed by atoms with Crippen molar-refractivity contribution >= 4 is 34.7 Å². The number of benzene rings is 2. The second-order valence-corrected chi connectivity index (χ2v) is 6.14. The Labute approximate surface area is 148 Å². The number of methoxy groups -OCH3 is 2. The molecular weight excluding hydrogens is 342 g/mol. The van der Waals surface area contributed by atoms with Crippen LogP contribution in [0.15, 0.2) is 47.4 Å². The highest BCUT2D eigenvalue weighted by atomic mass is 32.2. The molecule has 1 fully saturated rings. The van der Waals surface area contributed by atoms with Crippen LogP contribution in [0.3, 0.4) is 0 Å². The number of imide groups is 1. The van der Waals surface area contributed by atoms with E-state index in [9.17, 15) is 14.7 Å². The average molecular weight is 357 g/mol.